The highest BCUT2D eigenvalue weighted by Gasteiger charge is 2.52. The van der Waals surface area contributed by atoms with E-state index >= 15 is 0 Å². The van der Waals surface area contributed by atoms with Crippen molar-refractivity contribution in [3.8, 4) is 28.7 Å². The highest BCUT2D eigenvalue weighted by molar-refractivity contribution is 6.28. The van der Waals surface area contributed by atoms with Crippen LogP contribution in [-0.2, 0) is 16.0 Å². The van der Waals surface area contributed by atoms with Gasteiger partial charge >= 0.3 is 5.97 Å². The zero-order valence-corrected chi connectivity index (χ0v) is 20.4. The molecule has 0 bridgehead atoms. The number of hydrogen-bond acceptors (Lipinski definition) is 11. The van der Waals surface area contributed by atoms with Crippen LogP contribution in [0.3, 0.4) is 0 Å². The first kappa shape index (κ1) is 25.4. The smallest absolute Gasteiger partial charge is 0.340 e. The molecule has 0 saturated heterocycles. The third-order valence-electron chi connectivity index (χ3n) is 6.88. The third-order valence-corrected chi connectivity index (χ3v) is 6.88. The summed E-state index contributed by atoms with van der Waals surface area (Å²) in [5.74, 6) is -6.92. The molecule has 0 fully saturated rings. The Labute approximate surface area is 217 Å². The molecule has 6 N–H and O–H groups in total. The van der Waals surface area contributed by atoms with Gasteiger partial charge in [-0.25, -0.2) is 4.79 Å². The van der Waals surface area contributed by atoms with Crippen molar-refractivity contribution in [3.05, 3.63) is 62.7 Å². The fraction of sp³-hybridized carbons (Fsp3) is 0.185. The number of carboxylic acids is 1. The summed E-state index contributed by atoms with van der Waals surface area (Å²) in [5.41, 5.74) is -4.53. The molecule has 3 aromatic rings. The Morgan fingerprint density at radius 3 is 2.26 bits per heavy atom. The van der Waals surface area contributed by atoms with Gasteiger partial charge in [-0.3, -0.25) is 14.4 Å². The summed E-state index contributed by atoms with van der Waals surface area (Å²) < 4.78 is 11.6. The zero-order valence-electron chi connectivity index (χ0n) is 20.4. The zero-order chi connectivity index (χ0) is 28.5. The van der Waals surface area contributed by atoms with Gasteiger partial charge in [0, 0.05) is 35.8 Å². The number of carbonyl (C=O) groups excluding carboxylic acids is 2. The Balaban J connectivity index is 2.01. The number of ether oxygens (including phenoxy) is 1. The van der Waals surface area contributed by atoms with E-state index in [4.69, 9.17) is 9.15 Å². The van der Waals surface area contributed by atoms with Crippen LogP contribution in [0.5, 0.6) is 28.7 Å². The van der Waals surface area contributed by atoms with Crippen molar-refractivity contribution in [1.82, 2.24) is 0 Å². The molecule has 12 heteroatoms. The van der Waals surface area contributed by atoms with E-state index in [0.717, 1.165) is 38.1 Å². The molecule has 1 aromatic heterocycles. The first-order chi connectivity index (χ1) is 18.3. The van der Waals surface area contributed by atoms with Gasteiger partial charge in [-0.2, -0.15) is 0 Å². The quantitative estimate of drug-likeness (QED) is 0.161. The summed E-state index contributed by atoms with van der Waals surface area (Å²) in [5, 5.41) is 60.9. The molecule has 5 rings (SSSR count). The second-order valence-electron chi connectivity index (χ2n) is 9.37. The molecule has 0 radical (unpaired) electrons. The van der Waals surface area contributed by atoms with Crippen molar-refractivity contribution in [3.63, 3.8) is 0 Å². The van der Waals surface area contributed by atoms with Crippen LogP contribution in [0, 0.1) is 5.41 Å². The summed E-state index contributed by atoms with van der Waals surface area (Å²) >= 11 is 0. The number of phenols is 4. The molecule has 2 heterocycles. The molecule has 1 atom stereocenters. The van der Waals surface area contributed by atoms with Crippen LogP contribution in [0.15, 0.2) is 39.2 Å². The molecule has 12 nitrogen and oxygen atoms in total. The van der Waals surface area contributed by atoms with Crippen molar-refractivity contribution in [2.24, 2.45) is 5.41 Å². The summed E-state index contributed by atoms with van der Waals surface area (Å²) in [4.78, 5) is 50.9. The average Bonchev–Trinajstić information content (AvgIpc) is 2.84. The Morgan fingerprint density at radius 2 is 1.64 bits per heavy atom. The van der Waals surface area contributed by atoms with Gasteiger partial charge in [-0.15, -0.1) is 0 Å². The first-order valence-electron chi connectivity index (χ1n) is 11.4. The second kappa shape index (κ2) is 8.38. The predicted molar refractivity (Wildman–Crippen MR) is 133 cm³/mol. The largest absolute Gasteiger partial charge is 0.511 e. The highest BCUT2D eigenvalue weighted by atomic mass is 16.5. The molecule has 39 heavy (non-hydrogen) atoms. The van der Waals surface area contributed by atoms with E-state index in [-0.39, 0.29) is 33.8 Å². The minimum absolute atomic E-state index is 0.0209. The number of carbonyl (C=O) groups is 3. The van der Waals surface area contributed by atoms with E-state index < -0.39 is 86.7 Å². The number of aromatic hydroxyl groups is 4. The van der Waals surface area contributed by atoms with Crippen LogP contribution in [0.25, 0.3) is 22.1 Å². The number of aliphatic hydroxyl groups is 1. The van der Waals surface area contributed by atoms with Crippen LogP contribution in [0.4, 0.5) is 0 Å². The van der Waals surface area contributed by atoms with E-state index in [2.05, 4.69) is 0 Å². The minimum atomic E-state index is -1.76. The van der Waals surface area contributed by atoms with Crippen molar-refractivity contribution < 1.29 is 54.2 Å². The fourth-order valence-electron chi connectivity index (χ4n) is 5.23. The molecular weight excluding hydrogens is 516 g/mol. The molecule has 2 aliphatic rings. The molecular formula is C27H20O12. The van der Waals surface area contributed by atoms with Gasteiger partial charge < -0.3 is 39.8 Å². The highest BCUT2D eigenvalue weighted by Crippen LogP contribution is 2.57. The Hall–Kier alpha value is -5.26. The monoisotopic (exact) mass is 536 g/mol. The number of carboxylic acid groups (broad SMARTS) is 1. The molecule has 200 valence electrons. The van der Waals surface area contributed by atoms with Gasteiger partial charge in [0.1, 0.15) is 35.0 Å². The van der Waals surface area contributed by atoms with Gasteiger partial charge in [-0.05, 0) is 25.5 Å². The SMILES string of the molecule is CC(=O)C=C(O)C12COc3cc(O)c(O)cc3C1=C(C(C)=O)c1oc3cc(O)c(O)c(C(=O)O)c3c(=O)c1C2. The summed E-state index contributed by atoms with van der Waals surface area (Å²) in [7, 11) is 0. The normalized spacial score (nSPS) is 18.2. The maximum atomic E-state index is 13.8. The molecule has 0 amide bonds. The lowest BCUT2D eigenvalue weighted by atomic mass is 9.64. The minimum Gasteiger partial charge on any atom is -0.511 e. The van der Waals surface area contributed by atoms with Gasteiger partial charge in [0.05, 0.1) is 16.4 Å². The number of fused-ring (bicyclic) bond motifs is 5. The Kier molecular flexibility index (Phi) is 5.46. The van der Waals surface area contributed by atoms with E-state index in [1.165, 1.54) is 0 Å². The maximum absolute atomic E-state index is 13.8. The number of aliphatic hydroxyl groups excluding tert-OH is 1. The Bertz CT molecular complexity index is 1790. The molecule has 1 aliphatic carbocycles. The standard InChI is InChI=1S/C27H20O12/c1-9(28)3-18(33)27-7-12-23(34)20-17(6-15(32)24(35)21(20)26(36)37)39-25(12)19(10(2)29)22(27)11-4-13(30)14(31)5-16(11)38-8-27/h3-6,30-33,35H,7-8H2,1-2H3,(H,36,37). The van der Waals surface area contributed by atoms with E-state index in [1.807, 2.05) is 0 Å². The number of aromatic carboxylic acids is 1. The first-order valence-corrected chi connectivity index (χ1v) is 11.4. The lowest BCUT2D eigenvalue weighted by Crippen LogP contribution is -2.43. The van der Waals surface area contributed by atoms with Crippen LogP contribution >= 0.6 is 0 Å². The van der Waals surface area contributed by atoms with Gasteiger partial charge in [0.2, 0.25) is 0 Å². The van der Waals surface area contributed by atoms with Crippen molar-refractivity contribution >= 4 is 39.7 Å². The topological polar surface area (TPSA) is 212 Å². The number of hydrogen-bond donors (Lipinski definition) is 6. The number of Topliss-reactive ketones (excluding diaryl/α,β-unsaturated/α-hetero) is 1. The van der Waals surface area contributed by atoms with Crippen LogP contribution in [-0.4, -0.2) is 54.8 Å². The van der Waals surface area contributed by atoms with E-state index in [9.17, 15) is 49.8 Å². The maximum Gasteiger partial charge on any atom is 0.340 e. The van der Waals surface area contributed by atoms with E-state index in [1.54, 1.807) is 0 Å². The van der Waals surface area contributed by atoms with E-state index in [0.29, 0.717) is 0 Å². The average molecular weight is 536 g/mol. The third kappa shape index (κ3) is 3.52. The molecule has 0 saturated carbocycles. The molecule has 0 spiro atoms. The van der Waals surface area contributed by atoms with Gasteiger partial charge in [-0.1, -0.05) is 0 Å². The number of allylic oxidation sites excluding steroid dienone is 2. The van der Waals surface area contributed by atoms with Gasteiger partial charge in [0.15, 0.2) is 40.0 Å². The van der Waals surface area contributed by atoms with Crippen LogP contribution < -0.4 is 10.2 Å². The number of phenolic OH excluding ortho intramolecular Hbond substituents is 3. The second-order valence-corrected chi connectivity index (χ2v) is 9.37. The summed E-state index contributed by atoms with van der Waals surface area (Å²) in [6, 6.07) is 3.02. The molecule has 2 aromatic carbocycles. The van der Waals surface area contributed by atoms with Crippen molar-refractivity contribution in [1.29, 1.82) is 0 Å². The van der Waals surface area contributed by atoms with Gasteiger partial charge in [0.25, 0.3) is 0 Å². The Morgan fingerprint density at radius 1 is 0.974 bits per heavy atom. The fourth-order valence-corrected chi connectivity index (χ4v) is 5.23. The van der Waals surface area contributed by atoms with Crippen LogP contribution in [0.1, 0.15) is 41.1 Å². The predicted octanol–water partition coefficient (Wildman–Crippen LogP) is 2.78. The van der Waals surface area contributed by atoms with Crippen molar-refractivity contribution in [2.75, 3.05) is 6.61 Å². The summed E-state index contributed by atoms with van der Waals surface area (Å²) in [6.45, 7) is 1.87. The van der Waals surface area contributed by atoms with Crippen LogP contribution in [0.2, 0.25) is 0 Å². The number of rotatable bonds is 4. The lowest BCUT2D eigenvalue weighted by Gasteiger charge is -2.43. The molecule has 1 unspecified atom stereocenters. The molecule has 1 aliphatic heterocycles. The number of benzene rings is 2. The lowest BCUT2D eigenvalue weighted by molar-refractivity contribution is -0.113. The number of ketones is 2. The summed E-state index contributed by atoms with van der Waals surface area (Å²) in [6.07, 6.45) is 0.427. The van der Waals surface area contributed by atoms with Crippen molar-refractivity contribution in [2.45, 2.75) is 20.3 Å².